The van der Waals surface area contributed by atoms with Gasteiger partial charge in [-0.05, 0) is 35.3 Å². The molecule has 0 bridgehead atoms. The number of benzene rings is 2. The summed E-state index contributed by atoms with van der Waals surface area (Å²) in [6.07, 6.45) is 1.20. The quantitative estimate of drug-likeness (QED) is 0.614. The lowest BCUT2D eigenvalue weighted by atomic mass is 9.91. The normalized spacial score (nSPS) is 12.0. The second kappa shape index (κ2) is 9.39. The average molecular weight is 282 g/mol. The van der Waals surface area contributed by atoms with Gasteiger partial charge in [-0.2, -0.15) is 0 Å². The molecule has 1 unspecified atom stereocenters. The van der Waals surface area contributed by atoms with Crippen LogP contribution in [0.1, 0.15) is 51.7 Å². The third-order valence-corrected chi connectivity index (χ3v) is 3.81. The van der Waals surface area contributed by atoms with Crippen molar-refractivity contribution in [3.8, 4) is 0 Å². The molecule has 0 spiro atoms. The molecule has 0 saturated heterocycles. The molecule has 0 amide bonds. The van der Waals surface area contributed by atoms with Crippen molar-refractivity contribution >= 4 is 0 Å². The maximum absolute atomic E-state index is 2.28. The third-order valence-electron chi connectivity index (χ3n) is 3.81. The lowest BCUT2D eigenvalue weighted by Gasteiger charge is -2.15. The maximum atomic E-state index is 2.28. The Morgan fingerprint density at radius 1 is 0.667 bits per heavy atom. The van der Waals surface area contributed by atoms with E-state index in [9.17, 15) is 0 Å². The summed E-state index contributed by atoms with van der Waals surface area (Å²) in [4.78, 5) is 0. The van der Waals surface area contributed by atoms with Gasteiger partial charge in [0.05, 0.1) is 0 Å². The van der Waals surface area contributed by atoms with Crippen LogP contribution in [0.15, 0.2) is 60.7 Å². The van der Waals surface area contributed by atoms with Crippen molar-refractivity contribution in [1.29, 1.82) is 0 Å². The number of rotatable bonds is 4. The van der Waals surface area contributed by atoms with E-state index in [1.165, 1.54) is 17.5 Å². The predicted octanol–water partition coefficient (Wildman–Crippen LogP) is 6.33. The van der Waals surface area contributed by atoms with Crippen LogP contribution in [0.5, 0.6) is 0 Å². The van der Waals surface area contributed by atoms with Crippen molar-refractivity contribution in [3.05, 3.63) is 71.8 Å². The van der Waals surface area contributed by atoms with Crippen LogP contribution in [0.2, 0.25) is 0 Å². The van der Waals surface area contributed by atoms with Crippen molar-refractivity contribution in [2.24, 2.45) is 11.8 Å². The second-order valence-electron chi connectivity index (χ2n) is 6.53. The molecular weight excluding hydrogens is 252 g/mol. The molecule has 0 saturated carbocycles. The Balaban J connectivity index is 0.000000211. The summed E-state index contributed by atoms with van der Waals surface area (Å²) in [6, 6.07) is 21.3. The first-order chi connectivity index (χ1) is 10.0. The van der Waals surface area contributed by atoms with Crippen LogP contribution in [-0.2, 0) is 6.42 Å². The fourth-order valence-corrected chi connectivity index (χ4v) is 2.23. The van der Waals surface area contributed by atoms with Crippen LogP contribution in [0.3, 0.4) is 0 Å². The average Bonchev–Trinajstić information content (AvgIpc) is 2.48. The molecule has 0 aliphatic carbocycles. The van der Waals surface area contributed by atoms with E-state index in [0.717, 1.165) is 11.8 Å². The van der Waals surface area contributed by atoms with E-state index in [1.54, 1.807) is 0 Å². The molecule has 0 heterocycles. The Labute approximate surface area is 131 Å². The molecule has 0 heteroatoms. The molecule has 0 aliphatic heterocycles. The molecule has 0 nitrogen and oxygen atoms in total. The molecule has 0 radical (unpaired) electrons. The third kappa shape index (κ3) is 7.13. The van der Waals surface area contributed by atoms with Crippen molar-refractivity contribution in [1.82, 2.24) is 0 Å². The minimum Gasteiger partial charge on any atom is -0.0625 e. The summed E-state index contributed by atoms with van der Waals surface area (Å²) < 4.78 is 0. The highest BCUT2D eigenvalue weighted by molar-refractivity contribution is 5.19. The van der Waals surface area contributed by atoms with E-state index in [4.69, 9.17) is 0 Å². The van der Waals surface area contributed by atoms with Crippen molar-refractivity contribution < 1.29 is 0 Å². The SMILES string of the molecule is CC(C)C(C)c1ccccc1.CC(C)Cc1ccccc1. The van der Waals surface area contributed by atoms with Gasteiger partial charge in [-0.25, -0.2) is 0 Å². The van der Waals surface area contributed by atoms with E-state index >= 15 is 0 Å². The van der Waals surface area contributed by atoms with Crippen LogP contribution in [0.25, 0.3) is 0 Å². The van der Waals surface area contributed by atoms with Gasteiger partial charge in [0.1, 0.15) is 0 Å². The molecule has 0 aromatic heterocycles. The first kappa shape index (κ1) is 17.5. The van der Waals surface area contributed by atoms with Gasteiger partial charge >= 0.3 is 0 Å². The smallest absolute Gasteiger partial charge is 0.0167 e. The van der Waals surface area contributed by atoms with Gasteiger partial charge < -0.3 is 0 Å². The van der Waals surface area contributed by atoms with Gasteiger partial charge in [-0.1, -0.05) is 95.3 Å². The molecule has 2 rings (SSSR count). The summed E-state index contributed by atoms with van der Waals surface area (Å²) in [6.45, 7) is 11.3. The predicted molar refractivity (Wildman–Crippen MR) is 94.7 cm³/mol. The van der Waals surface area contributed by atoms with Gasteiger partial charge in [-0.15, -0.1) is 0 Å². The van der Waals surface area contributed by atoms with Crippen molar-refractivity contribution in [2.45, 2.75) is 47.0 Å². The van der Waals surface area contributed by atoms with Gasteiger partial charge in [0.2, 0.25) is 0 Å². The Morgan fingerprint density at radius 3 is 1.57 bits per heavy atom. The van der Waals surface area contributed by atoms with E-state index in [-0.39, 0.29) is 0 Å². The van der Waals surface area contributed by atoms with Crippen LogP contribution >= 0.6 is 0 Å². The highest BCUT2D eigenvalue weighted by Crippen LogP contribution is 2.22. The van der Waals surface area contributed by atoms with E-state index in [2.05, 4.69) is 95.3 Å². The summed E-state index contributed by atoms with van der Waals surface area (Å²) in [5.41, 5.74) is 2.89. The van der Waals surface area contributed by atoms with Crippen molar-refractivity contribution in [2.75, 3.05) is 0 Å². The minimum atomic E-state index is 0.677. The van der Waals surface area contributed by atoms with E-state index in [1.807, 2.05) is 0 Å². The standard InChI is InChI=1S/C11H16.C10H14/c1-9(2)10(3)11-7-5-4-6-8-11;1-9(2)8-10-6-4-3-5-7-10/h4-10H,1-3H3;3-7,9H,8H2,1-2H3. The van der Waals surface area contributed by atoms with Crippen LogP contribution < -0.4 is 0 Å². The maximum Gasteiger partial charge on any atom is -0.0167 e. The Bertz CT molecular complexity index is 468. The second-order valence-corrected chi connectivity index (χ2v) is 6.53. The zero-order valence-electron chi connectivity index (χ0n) is 14.2. The number of hydrogen-bond acceptors (Lipinski definition) is 0. The lowest BCUT2D eigenvalue weighted by molar-refractivity contribution is 0.535. The molecule has 21 heavy (non-hydrogen) atoms. The molecular formula is C21H30. The molecule has 2 aromatic rings. The fraction of sp³-hybridized carbons (Fsp3) is 0.429. The Kier molecular flexibility index (Phi) is 7.82. The van der Waals surface area contributed by atoms with E-state index in [0.29, 0.717) is 5.92 Å². The largest absolute Gasteiger partial charge is 0.0625 e. The molecule has 114 valence electrons. The molecule has 0 fully saturated rings. The summed E-state index contributed by atoms with van der Waals surface area (Å²) in [5.74, 6) is 2.18. The minimum absolute atomic E-state index is 0.677. The Morgan fingerprint density at radius 2 is 1.14 bits per heavy atom. The Hall–Kier alpha value is -1.56. The number of hydrogen-bond donors (Lipinski definition) is 0. The molecule has 1 atom stereocenters. The summed E-state index contributed by atoms with van der Waals surface area (Å²) in [7, 11) is 0. The monoisotopic (exact) mass is 282 g/mol. The van der Waals surface area contributed by atoms with Gasteiger partial charge in [-0.3, -0.25) is 0 Å². The zero-order chi connectivity index (χ0) is 15.7. The molecule has 0 aliphatic rings. The highest BCUT2D eigenvalue weighted by atomic mass is 14.1. The van der Waals surface area contributed by atoms with Crippen LogP contribution in [-0.4, -0.2) is 0 Å². The van der Waals surface area contributed by atoms with Crippen LogP contribution in [0, 0.1) is 11.8 Å². The fourth-order valence-electron chi connectivity index (χ4n) is 2.23. The van der Waals surface area contributed by atoms with Gasteiger partial charge in [0.15, 0.2) is 0 Å². The molecule has 2 aromatic carbocycles. The van der Waals surface area contributed by atoms with Gasteiger partial charge in [0.25, 0.3) is 0 Å². The lowest BCUT2D eigenvalue weighted by Crippen LogP contribution is -2.00. The highest BCUT2D eigenvalue weighted by Gasteiger charge is 2.07. The van der Waals surface area contributed by atoms with Crippen molar-refractivity contribution in [3.63, 3.8) is 0 Å². The van der Waals surface area contributed by atoms with E-state index < -0.39 is 0 Å². The zero-order valence-corrected chi connectivity index (χ0v) is 14.2. The molecule has 0 N–H and O–H groups in total. The first-order valence-electron chi connectivity index (χ1n) is 8.09. The topological polar surface area (TPSA) is 0 Å². The summed E-state index contributed by atoms with van der Waals surface area (Å²) >= 11 is 0. The van der Waals surface area contributed by atoms with Gasteiger partial charge in [0, 0.05) is 0 Å². The summed E-state index contributed by atoms with van der Waals surface area (Å²) in [5, 5.41) is 0. The first-order valence-corrected chi connectivity index (χ1v) is 8.09. The van der Waals surface area contributed by atoms with Crippen LogP contribution in [0.4, 0.5) is 0 Å².